The van der Waals surface area contributed by atoms with Crippen LogP contribution in [0.25, 0.3) is 0 Å². The molecule has 0 amide bonds. The van der Waals surface area contributed by atoms with E-state index in [4.69, 9.17) is 0 Å². The minimum Gasteiger partial charge on any atom is -0.508 e. The first-order valence-corrected chi connectivity index (χ1v) is 7.85. The van der Waals surface area contributed by atoms with Crippen LogP contribution in [0.4, 0.5) is 10.1 Å². The van der Waals surface area contributed by atoms with Crippen molar-refractivity contribution in [1.29, 1.82) is 0 Å². The molecule has 0 spiro atoms. The summed E-state index contributed by atoms with van der Waals surface area (Å²) in [6.45, 7) is 1.56. The predicted octanol–water partition coefficient (Wildman–Crippen LogP) is 3.40. The highest BCUT2D eigenvalue weighted by Gasteiger charge is 2.20. The molecule has 0 radical (unpaired) electrons. The quantitative estimate of drug-likeness (QED) is 0.882. The average molecular weight is 360 g/mol. The Hall–Kier alpha value is -1.60. The van der Waals surface area contributed by atoms with Crippen molar-refractivity contribution in [3.8, 4) is 5.75 Å². The molecule has 0 fully saturated rings. The number of benzene rings is 2. The lowest BCUT2D eigenvalue weighted by Gasteiger charge is -2.12. The zero-order valence-corrected chi connectivity index (χ0v) is 12.8. The Balaban J connectivity index is 2.44. The van der Waals surface area contributed by atoms with Gasteiger partial charge >= 0.3 is 0 Å². The number of aromatic hydroxyl groups is 1. The van der Waals surface area contributed by atoms with Gasteiger partial charge in [0.15, 0.2) is 0 Å². The van der Waals surface area contributed by atoms with Gasteiger partial charge in [-0.25, -0.2) is 12.8 Å². The van der Waals surface area contributed by atoms with Gasteiger partial charge in [-0.2, -0.15) is 0 Å². The monoisotopic (exact) mass is 359 g/mol. The standard InChI is InChI=1S/C13H11BrFNO3S/c1-8-11(3-2-4-12(8)17)16-20(18,19)13-6-5-9(14)7-10(13)15/h2-7,16-17H,1H3. The maximum Gasteiger partial charge on any atom is 0.264 e. The fourth-order valence-corrected chi connectivity index (χ4v) is 3.14. The van der Waals surface area contributed by atoms with E-state index in [2.05, 4.69) is 20.7 Å². The van der Waals surface area contributed by atoms with Gasteiger partial charge in [-0.05, 0) is 37.3 Å². The van der Waals surface area contributed by atoms with E-state index < -0.39 is 20.7 Å². The Morgan fingerprint density at radius 1 is 1.25 bits per heavy atom. The summed E-state index contributed by atoms with van der Waals surface area (Å²) in [6.07, 6.45) is 0. The maximum absolute atomic E-state index is 13.7. The van der Waals surface area contributed by atoms with Gasteiger partial charge in [-0.1, -0.05) is 22.0 Å². The summed E-state index contributed by atoms with van der Waals surface area (Å²) >= 11 is 3.06. The van der Waals surface area contributed by atoms with Crippen molar-refractivity contribution in [2.45, 2.75) is 11.8 Å². The van der Waals surface area contributed by atoms with Crippen molar-refractivity contribution >= 4 is 31.6 Å². The number of phenols is 1. The smallest absolute Gasteiger partial charge is 0.264 e. The first kappa shape index (κ1) is 14.8. The van der Waals surface area contributed by atoms with E-state index in [1.807, 2.05) is 0 Å². The van der Waals surface area contributed by atoms with Crippen molar-refractivity contribution < 1.29 is 17.9 Å². The van der Waals surface area contributed by atoms with E-state index in [0.717, 1.165) is 6.07 Å². The molecule has 2 aromatic rings. The summed E-state index contributed by atoms with van der Waals surface area (Å²) in [7, 11) is -4.06. The molecular weight excluding hydrogens is 349 g/mol. The molecule has 20 heavy (non-hydrogen) atoms. The zero-order valence-electron chi connectivity index (χ0n) is 10.4. The SMILES string of the molecule is Cc1c(O)cccc1NS(=O)(=O)c1ccc(Br)cc1F. The van der Waals surface area contributed by atoms with Gasteiger partial charge < -0.3 is 5.11 Å². The second kappa shape index (κ2) is 5.41. The normalized spacial score (nSPS) is 11.3. The van der Waals surface area contributed by atoms with Gasteiger partial charge in [0.25, 0.3) is 10.0 Å². The summed E-state index contributed by atoms with van der Waals surface area (Å²) < 4.78 is 40.7. The largest absolute Gasteiger partial charge is 0.508 e. The number of hydrogen-bond donors (Lipinski definition) is 2. The van der Waals surface area contributed by atoms with E-state index >= 15 is 0 Å². The molecule has 0 aliphatic rings. The van der Waals surface area contributed by atoms with Crippen LogP contribution in [-0.2, 0) is 10.0 Å². The van der Waals surface area contributed by atoms with E-state index in [1.54, 1.807) is 6.92 Å². The Bertz CT molecular complexity index is 762. The zero-order chi connectivity index (χ0) is 14.9. The van der Waals surface area contributed by atoms with E-state index in [-0.39, 0.29) is 11.4 Å². The maximum atomic E-state index is 13.7. The van der Waals surface area contributed by atoms with Crippen molar-refractivity contribution in [1.82, 2.24) is 0 Å². The van der Waals surface area contributed by atoms with Crippen LogP contribution in [0, 0.1) is 12.7 Å². The molecule has 0 aliphatic heterocycles. The number of rotatable bonds is 3. The van der Waals surface area contributed by atoms with Crippen LogP contribution in [0.3, 0.4) is 0 Å². The Labute approximate surface area is 124 Å². The van der Waals surface area contributed by atoms with E-state index in [9.17, 15) is 17.9 Å². The third-order valence-electron chi connectivity index (χ3n) is 2.73. The molecule has 7 heteroatoms. The second-order valence-electron chi connectivity index (χ2n) is 4.13. The number of halogens is 2. The van der Waals surface area contributed by atoms with Crippen molar-refractivity contribution in [2.24, 2.45) is 0 Å². The topological polar surface area (TPSA) is 66.4 Å². The molecule has 0 atom stereocenters. The van der Waals surface area contributed by atoms with Crippen LogP contribution in [-0.4, -0.2) is 13.5 Å². The van der Waals surface area contributed by atoms with Crippen LogP contribution < -0.4 is 4.72 Å². The molecule has 0 heterocycles. The molecule has 106 valence electrons. The highest BCUT2D eigenvalue weighted by atomic mass is 79.9. The van der Waals surface area contributed by atoms with E-state index in [1.165, 1.54) is 30.3 Å². The van der Waals surface area contributed by atoms with Crippen LogP contribution in [0.15, 0.2) is 45.8 Å². The molecule has 0 saturated heterocycles. The summed E-state index contributed by atoms with van der Waals surface area (Å²) in [4.78, 5) is -0.455. The molecule has 0 aromatic heterocycles. The second-order valence-corrected chi connectivity index (χ2v) is 6.70. The lowest BCUT2D eigenvalue weighted by Crippen LogP contribution is -2.15. The van der Waals surface area contributed by atoms with Gasteiger partial charge in [-0.15, -0.1) is 0 Å². The summed E-state index contributed by atoms with van der Waals surface area (Å²) in [6, 6.07) is 8.10. The van der Waals surface area contributed by atoms with Gasteiger partial charge in [0, 0.05) is 10.0 Å². The Kier molecular flexibility index (Phi) is 4.01. The number of anilines is 1. The fraction of sp³-hybridized carbons (Fsp3) is 0.0769. The van der Waals surface area contributed by atoms with Crippen LogP contribution in [0.5, 0.6) is 5.75 Å². The molecular formula is C13H11BrFNO3S. The predicted molar refractivity (Wildman–Crippen MR) is 77.8 cm³/mol. The third kappa shape index (κ3) is 2.94. The lowest BCUT2D eigenvalue weighted by atomic mass is 10.2. The third-order valence-corrected chi connectivity index (χ3v) is 4.62. The van der Waals surface area contributed by atoms with Crippen LogP contribution in [0.1, 0.15) is 5.56 Å². The van der Waals surface area contributed by atoms with Gasteiger partial charge in [0.05, 0.1) is 5.69 Å². The Morgan fingerprint density at radius 3 is 2.60 bits per heavy atom. The van der Waals surface area contributed by atoms with Gasteiger partial charge in [0.1, 0.15) is 16.5 Å². The molecule has 0 bridgehead atoms. The number of phenolic OH excluding ortho intramolecular Hbond substituents is 1. The molecule has 2 rings (SSSR count). The highest BCUT2D eigenvalue weighted by Crippen LogP contribution is 2.27. The van der Waals surface area contributed by atoms with Crippen molar-refractivity contribution in [3.63, 3.8) is 0 Å². The van der Waals surface area contributed by atoms with Gasteiger partial charge in [0.2, 0.25) is 0 Å². The van der Waals surface area contributed by atoms with Crippen LogP contribution >= 0.6 is 15.9 Å². The summed E-state index contributed by atoms with van der Waals surface area (Å²) in [5.74, 6) is -0.897. The molecule has 0 unspecified atom stereocenters. The van der Waals surface area contributed by atoms with Gasteiger partial charge in [-0.3, -0.25) is 4.72 Å². The number of sulfonamides is 1. The lowest BCUT2D eigenvalue weighted by molar-refractivity contribution is 0.471. The van der Waals surface area contributed by atoms with Crippen molar-refractivity contribution in [3.05, 3.63) is 52.3 Å². The first-order valence-electron chi connectivity index (χ1n) is 5.58. The fourth-order valence-electron chi connectivity index (χ4n) is 1.63. The number of nitrogens with one attached hydrogen (secondary N) is 1. The highest BCUT2D eigenvalue weighted by molar-refractivity contribution is 9.10. The average Bonchev–Trinajstić information content (AvgIpc) is 2.34. The minimum absolute atomic E-state index is 0.0403. The minimum atomic E-state index is -4.06. The molecule has 4 nitrogen and oxygen atoms in total. The van der Waals surface area contributed by atoms with E-state index in [0.29, 0.717) is 10.0 Å². The molecule has 0 saturated carbocycles. The molecule has 2 N–H and O–H groups in total. The summed E-state index contributed by atoms with van der Waals surface area (Å²) in [5.41, 5.74) is 0.570. The molecule has 0 aliphatic carbocycles. The first-order chi connectivity index (χ1) is 9.31. The summed E-state index contributed by atoms with van der Waals surface area (Å²) in [5, 5.41) is 9.54. The number of hydrogen-bond acceptors (Lipinski definition) is 3. The van der Waals surface area contributed by atoms with Crippen molar-refractivity contribution in [2.75, 3.05) is 4.72 Å². The van der Waals surface area contributed by atoms with Crippen LogP contribution in [0.2, 0.25) is 0 Å². The molecule has 2 aromatic carbocycles. The Morgan fingerprint density at radius 2 is 1.95 bits per heavy atom.